The van der Waals surface area contributed by atoms with Gasteiger partial charge in [0.1, 0.15) is 11.4 Å². The van der Waals surface area contributed by atoms with Crippen molar-refractivity contribution in [1.82, 2.24) is 9.97 Å². The Balaban J connectivity index is 1.96. The summed E-state index contributed by atoms with van der Waals surface area (Å²) in [6.07, 6.45) is 3.16. The van der Waals surface area contributed by atoms with Crippen molar-refractivity contribution in [2.75, 3.05) is 6.61 Å². The van der Waals surface area contributed by atoms with Crippen LogP contribution in [0.1, 0.15) is 21.9 Å². The van der Waals surface area contributed by atoms with Crippen molar-refractivity contribution in [3.05, 3.63) is 53.6 Å². The Hall–Kier alpha value is -2.23. The molecule has 0 aliphatic carbocycles. The molecule has 0 aliphatic heterocycles. The predicted molar refractivity (Wildman–Crippen MR) is 67.8 cm³/mol. The normalized spacial score (nSPS) is 10.1. The van der Waals surface area contributed by atoms with Crippen molar-refractivity contribution in [3.63, 3.8) is 0 Å². The summed E-state index contributed by atoms with van der Waals surface area (Å²) in [6, 6.07) is 9.34. The number of aryl methyl sites for hydroxylation is 1. The Labute approximate surface area is 106 Å². The van der Waals surface area contributed by atoms with Crippen molar-refractivity contribution >= 4 is 6.29 Å². The highest BCUT2D eigenvalue weighted by molar-refractivity contribution is 5.76. The van der Waals surface area contributed by atoms with E-state index in [-0.39, 0.29) is 0 Å². The van der Waals surface area contributed by atoms with Crippen molar-refractivity contribution in [1.29, 1.82) is 0 Å². The van der Waals surface area contributed by atoms with Crippen molar-refractivity contribution in [2.24, 2.45) is 0 Å². The molecule has 0 atom stereocenters. The summed E-state index contributed by atoms with van der Waals surface area (Å²) in [4.78, 5) is 19.2. The molecule has 0 fully saturated rings. The van der Waals surface area contributed by atoms with Gasteiger partial charge in [-0.1, -0.05) is 6.07 Å². The van der Waals surface area contributed by atoms with Crippen LogP contribution in [0.4, 0.5) is 0 Å². The molecule has 0 unspecified atom stereocenters. The number of aromatic nitrogens is 2. The SMILES string of the molecule is Cc1ccc(OCCc2ccccn2)c(C=O)n1. The van der Waals surface area contributed by atoms with E-state index >= 15 is 0 Å². The van der Waals surface area contributed by atoms with Crippen molar-refractivity contribution in [3.8, 4) is 5.75 Å². The van der Waals surface area contributed by atoms with Gasteiger partial charge in [0.05, 0.1) is 6.61 Å². The molecule has 2 rings (SSSR count). The molecule has 0 spiro atoms. The largest absolute Gasteiger partial charge is 0.491 e. The van der Waals surface area contributed by atoms with Gasteiger partial charge in [0.2, 0.25) is 0 Å². The minimum atomic E-state index is 0.344. The molecule has 4 nitrogen and oxygen atoms in total. The minimum absolute atomic E-state index is 0.344. The van der Waals surface area contributed by atoms with Crippen LogP contribution in [0.3, 0.4) is 0 Å². The first-order valence-corrected chi connectivity index (χ1v) is 5.75. The molecule has 0 aliphatic rings. The fourth-order valence-corrected chi connectivity index (χ4v) is 1.58. The molecule has 0 N–H and O–H groups in total. The van der Waals surface area contributed by atoms with Gasteiger partial charge in [-0.2, -0.15) is 0 Å². The lowest BCUT2D eigenvalue weighted by molar-refractivity contribution is 0.111. The molecule has 2 aromatic heterocycles. The summed E-state index contributed by atoms with van der Waals surface area (Å²) < 4.78 is 5.55. The molecule has 0 saturated heterocycles. The van der Waals surface area contributed by atoms with Gasteiger partial charge in [-0.25, -0.2) is 4.98 Å². The second kappa shape index (κ2) is 5.91. The molecule has 0 bridgehead atoms. The Morgan fingerprint density at radius 1 is 1.28 bits per heavy atom. The van der Waals surface area contributed by atoms with E-state index in [4.69, 9.17) is 4.74 Å². The summed E-state index contributed by atoms with van der Waals surface area (Å²) in [5, 5.41) is 0. The summed E-state index contributed by atoms with van der Waals surface area (Å²) in [7, 11) is 0. The van der Waals surface area contributed by atoms with Crippen LogP contribution in [0, 0.1) is 6.92 Å². The molecule has 18 heavy (non-hydrogen) atoms. The molecule has 0 aromatic carbocycles. The van der Waals surface area contributed by atoms with E-state index in [9.17, 15) is 4.79 Å². The van der Waals surface area contributed by atoms with E-state index in [0.29, 0.717) is 30.8 Å². The number of hydrogen-bond donors (Lipinski definition) is 0. The Bertz CT molecular complexity index is 527. The average molecular weight is 242 g/mol. The van der Waals surface area contributed by atoms with Gasteiger partial charge in [0.25, 0.3) is 0 Å². The second-order valence-corrected chi connectivity index (χ2v) is 3.87. The van der Waals surface area contributed by atoms with E-state index < -0.39 is 0 Å². The lowest BCUT2D eigenvalue weighted by Crippen LogP contribution is -2.05. The van der Waals surface area contributed by atoms with Crippen LogP contribution in [-0.2, 0) is 6.42 Å². The summed E-state index contributed by atoms with van der Waals surface area (Å²) in [5.41, 5.74) is 2.11. The number of rotatable bonds is 5. The maximum absolute atomic E-state index is 10.9. The van der Waals surface area contributed by atoms with Gasteiger partial charge in [0.15, 0.2) is 6.29 Å². The van der Waals surface area contributed by atoms with Crippen LogP contribution in [-0.4, -0.2) is 22.9 Å². The number of pyridine rings is 2. The van der Waals surface area contributed by atoms with Crippen LogP contribution in [0.25, 0.3) is 0 Å². The average Bonchev–Trinajstić information content (AvgIpc) is 2.41. The Morgan fingerprint density at radius 3 is 2.89 bits per heavy atom. The van der Waals surface area contributed by atoms with Crippen LogP contribution in [0.5, 0.6) is 5.75 Å². The van der Waals surface area contributed by atoms with Gasteiger partial charge in [-0.15, -0.1) is 0 Å². The second-order valence-electron chi connectivity index (χ2n) is 3.87. The minimum Gasteiger partial charge on any atom is -0.491 e. The standard InChI is InChI=1S/C14H14N2O2/c1-11-5-6-14(13(10-17)16-11)18-9-7-12-4-2-3-8-15-12/h2-6,8,10H,7,9H2,1H3. The third-order valence-electron chi connectivity index (χ3n) is 2.48. The predicted octanol–water partition coefficient (Wildman–Crippen LogP) is 2.22. The fraction of sp³-hybridized carbons (Fsp3) is 0.214. The van der Waals surface area contributed by atoms with E-state index in [1.54, 1.807) is 12.3 Å². The number of carbonyl (C=O) groups is 1. The van der Waals surface area contributed by atoms with Crippen LogP contribution in [0.15, 0.2) is 36.5 Å². The van der Waals surface area contributed by atoms with Gasteiger partial charge < -0.3 is 4.74 Å². The van der Waals surface area contributed by atoms with E-state index in [0.717, 1.165) is 11.4 Å². The molecule has 4 heteroatoms. The van der Waals surface area contributed by atoms with Gasteiger partial charge in [-0.05, 0) is 31.2 Å². The third-order valence-corrected chi connectivity index (χ3v) is 2.48. The number of ether oxygens (including phenoxy) is 1. The molecule has 2 heterocycles. The van der Waals surface area contributed by atoms with E-state index in [1.165, 1.54) is 0 Å². The lowest BCUT2D eigenvalue weighted by Gasteiger charge is -2.07. The zero-order chi connectivity index (χ0) is 12.8. The third kappa shape index (κ3) is 3.13. The molecule has 2 aromatic rings. The monoisotopic (exact) mass is 242 g/mol. The van der Waals surface area contributed by atoms with Crippen molar-refractivity contribution in [2.45, 2.75) is 13.3 Å². The highest BCUT2D eigenvalue weighted by Gasteiger charge is 2.04. The maximum Gasteiger partial charge on any atom is 0.172 e. The van der Waals surface area contributed by atoms with E-state index in [2.05, 4.69) is 9.97 Å². The van der Waals surface area contributed by atoms with Crippen LogP contribution in [0.2, 0.25) is 0 Å². The topological polar surface area (TPSA) is 52.1 Å². The van der Waals surface area contributed by atoms with Crippen LogP contribution >= 0.6 is 0 Å². The summed E-state index contributed by atoms with van der Waals surface area (Å²) in [6.45, 7) is 2.31. The zero-order valence-corrected chi connectivity index (χ0v) is 10.2. The number of aldehydes is 1. The molecule has 92 valence electrons. The van der Waals surface area contributed by atoms with Gasteiger partial charge >= 0.3 is 0 Å². The Morgan fingerprint density at radius 2 is 2.17 bits per heavy atom. The summed E-state index contributed by atoms with van der Waals surface area (Å²) >= 11 is 0. The fourth-order valence-electron chi connectivity index (χ4n) is 1.58. The molecule has 0 amide bonds. The molecular formula is C14H14N2O2. The molecule has 0 radical (unpaired) electrons. The lowest BCUT2D eigenvalue weighted by atomic mass is 10.3. The summed E-state index contributed by atoms with van der Waals surface area (Å²) in [5.74, 6) is 0.520. The van der Waals surface area contributed by atoms with Gasteiger partial charge in [-0.3, -0.25) is 9.78 Å². The zero-order valence-electron chi connectivity index (χ0n) is 10.2. The number of nitrogens with zero attached hydrogens (tertiary/aromatic N) is 2. The maximum atomic E-state index is 10.9. The smallest absolute Gasteiger partial charge is 0.172 e. The molecular weight excluding hydrogens is 228 g/mol. The quantitative estimate of drug-likeness (QED) is 0.754. The molecule has 0 saturated carbocycles. The first-order chi connectivity index (χ1) is 8.79. The Kier molecular flexibility index (Phi) is 4.02. The van der Waals surface area contributed by atoms with Gasteiger partial charge in [0, 0.05) is 24.0 Å². The van der Waals surface area contributed by atoms with Crippen LogP contribution < -0.4 is 4.74 Å². The highest BCUT2D eigenvalue weighted by Crippen LogP contribution is 2.15. The van der Waals surface area contributed by atoms with E-state index in [1.807, 2.05) is 31.2 Å². The number of carbonyl (C=O) groups excluding carboxylic acids is 1. The van der Waals surface area contributed by atoms with Crippen molar-refractivity contribution < 1.29 is 9.53 Å². The first kappa shape index (κ1) is 12.2. The number of hydrogen-bond acceptors (Lipinski definition) is 4. The first-order valence-electron chi connectivity index (χ1n) is 5.75. The highest BCUT2D eigenvalue weighted by atomic mass is 16.5.